The third kappa shape index (κ3) is 5.32. The number of carbonyl (C=O) groups excluding carboxylic acids is 2. The van der Waals surface area contributed by atoms with Crippen molar-refractivity contribution in [3.05, 3.63) is 66.6 Å². The van der Waals surface area contributed by atoms with Gasteiger partial charge in [-0.25, -0.2) is 0 Å². The second-order valence-electron chi connectivity index (χ2n) is 4.80. The van der Waals surface area contributed by atoms with Crippen LogP contribution in [0.1, 0.15) is 10.4 Å². The fraction of sp³-hybridized carbons (Fsp3) is 0.0667. The minimum absolute atomic E-state index is 0.0175. The molecule has 2 N–H and O–H groups in total. The lowest BCUT2D eigenvalue weighted by Gasteiger charge is -2.11. The molecule has 2 aromatic carbocycles. The summed E-state index contributed by atoms with van der Waals surface area (Å²) in [4.78, 5) is 33.8. The molecular formula is C15H10BrCl2N3O5. The molecular weight excluding hydrogens is 453 g/mol. The van der Waals surface area contributed by atoms with Crippen LogP contribution in [0, 0.1) is 10.1 Å². The topological polar surface area (TPSA) is 111 Å². The molecule has 0 bridgehead atoms. The lowest BCUT2D eigenvalue weighted by Crippen LogP contribution is -2.43. The zero-order valence-electron chi connectivity index (χ0n) is 12.8. The normalized spacial score (nSPS) is 10.1. The fourth-order valence-corrected chi connectivity index (χ4v) is 3.17. The first-order chi connectivity index (χ1) is 12.3. The largest absolute Gasteiger partial charge is 0.481 e. The predicted octanol–water partition coefficient (Wildman–Crippen LogP) is 3.50. The Morgan fingerprint density at radius 1 is 1.19 bits per heavy atom. The Kier molecular flexibility index (Phi) is 6.78. The van der Waals surface area contributed by atoms with Gasteiger partial charge in [-0.1, -0.05) is 29.3 Å². The van der Waals surface area contributed by atoms with Crippen LogP contribution in [0.2, 0.25) is 10.0 Å². The Morgan fingerprint density at radius 3 is 2.58 bits per heavy atom. The molecule has 0 fully saturated rings. The van der Waals surface area contributed by atoms with Gasteiger partial charge in [0.05, 0.1) is 14.4 Å². The number of rotatable bonds is 5. The molecule has 11 heteroatoms. The van der Waals surface area contributed by atoms with Crippen LogP contribution >= 0.6 is 39.1 Å². The van der Waals surface area contributed by atoms with E-state index in [-0.39, 0.29) is 22.0 Å². The van der Waals surface area contributed by atoms with Crippen LogP contribution < -0.4 is 15.6 Å². The van der Waals surface area contributed by atoms with Crippen molar-refractivity contribution >= 4 is 56.6 Å². The fourth-order valence-electron chi connectivity index (χ4n) is 1.80. The number of hydrazine groups is 1. The van der Waals surface area contributed by atoms with Crippen molar-refractivity contribution in [1.82, 2.24) is 10.9 Å². The maximum Gasteiger partial charge on any atom is 0.276 e. The predicted molar refractivity (Wildman–Crippen MR) is 98.4 cm³/mol. The summed E-state index contributed by atoms with van der Waals surface area (Å²) in [6, 6.07) is 8.06. The van der Waals surface area contributed by atoms with Gasteiger partial charge in [-0.2, -0.15) is 0 Å². The van der Waals surface area contributed by atoms with Crippen LogP contribution in [0.3, 0.4) is 0 Å². The highest BCUT2D eigenvalue weighted by molar-refractivity contribution is 9.10. The Bertz CT molecular complexity index is 855. The van der Waals surface area contributed by atoms with Crippen LogP contribution in [0.15, 0.2) is 40.9 Å². The summed E-state index contributed by atoms with van der Waals surface area (Å²) in [5.41, 5.74) is 4.04. The highest BCUT2D eigenvalue weighted by Gasteiger charge is 2.14. The number of nitro groups is 1. The number of amides is 2. The van der Waals surface area contributed by atoms with Crippen molar-refractivity contribution in [1.29, 1.82) is 0 Å². The Labute approximate surface area is 165 Å². The smallest absolute Gasteiger partial charge is 0.276 e. The van der Waals surface area contributed by atoms with Gasteiger partial charge in [-0.3, -0.25) is 30.6 Å². The molecule has 0 atom stereocenters. The number of nitrogens with one attached hydrogen (secondary N) is 2. The van der Waals surface area contributed by atoms with Gasteiger partial charge >= 0.3 is 0 Å². The number of benzene rings is 2. The van der Waals surface area contributed by atoms with E-state index in [1.165, 1.54) is 24.3 Å². The molecule has 0 aliphatic rings. The van der Waals surface area contributed by atoms with E-state index in [0.29, 0.717) is 9.50 Å². The number of hydrogen-bond acceptors (Lipinski definition) is 5. The molecule has 0 spiro atoms. The van der Waals surface area contributed by atoms with Gasteiger partial charge in [-0.15, -0.1) is 0 Å². The maximum atomic E-state index is 11.9. The second kappa shape index (κ2) is 8.84. The first kappa shape index (κ1) is 20.0. The Hall–Kier alpha value is -2.36. The average molecular weight is 463 g/mol. The van der Waals surface area contributed by atoms with Crippen LogP contribution in [-0.2, 0) is 4.79 Å². The van der Waals surface area contributed by atoms with E-state index in [2.05, 4.69) is 26.8 Å². The highest BCUT2D eigenvalue weighted by atomic mass is 79.9. The SMILES string of the molecule is O=C(COc1c(Cl)cc(Cl)cc1Br)NNC(=O)c1cccc([N+](=O)[O-])c1. The van der Waals surface area contributed by atoms with Crippen molar-refractivity contribution in [3.8, 4) is 5.75 Å². The molecule has 0 unspecified atom stereocenters. The van der Waals surface area contributed by atoms with E-state index in [1.807, 2.05) is 0 Å². The van der Waals surface area contributed by atoms with Crippen LogP contribution in [0.4, 0.5) is 5.69 Å². The summed E-state index contributed by atoms with van der Waals surface area (Å²) in [5.74, 6) is -1.16. The van der Waals surface area contributed by atoms with E-state index in [1.54, 1.807) is 6.07 Å². The quantitative estimate of drug-likeness (QED) is 0.521. The van der Waals surface area contributed by atoms with Gasteiger partial charge in [0, 0.05) is 22.7 Å². The highest BCUT2D eigenvalue weighted by Crippen LogP contribution is 2.35. The molecule has 0 saturated carbocycles. The van der Waals surface area contributed by atoms with E-state index in [9.17, 15) is 19.7 Å². The Morgan fingerprint density at radius 2 is 1.92 bits per heavy atom. The Balaban J connectivity index is 1.90. The molecule has 2 amide bonds. The van der Waals surface area contributed by atoms with Gasteiger partial charge in [0.1, 0.15) is 0 Å². The van der Waals surface area contributed by atoms with Crippen molar-refractivity contribution < 1.29 is 19.2 Å². The molecule has 0 aliphatic carbocycles. The molecule has 0 aliphatic heterocycles. The first-order valence-corrected chi connectivity index (χ1v) is 8.44. The third-order valence-electron chi connectivity index (χ3n) is 2.95. The lowest BCUT2D eigenvalue weighted by molar-refractivity contribution is -0.384. The lowest BCUT2D eigenvalue weighted by atomic mass is 10.2. The number of halogens is 3. The molecule has 0 saturated heterocycles. The average Bonchev–Trinajstić information content (AvgIpc) is 2.58. The van der Waals surface area contributed by atoms with Crippen LogP contribution in [0.25, 0.3) is 0 Å². The summed E-state index contributed by atoms with van der Waals surface area (Å²) >= 11 is 15.0. The third-order valence-corrected chi connectivity index (χ3v) is 4.03. The van der Waals surface area contributed by atoms with E-state index in [0.717, 1.165) is 6.07 Å². The van der Waals surface area contributed by atoms with Crippen LogP contribution in [0.5, 0.6) is 5.75 Å². The standard InChI is InChI=1S/C15H10BrCl2N3O5/c16-11-5-9(17)6-12(18)14(11)26-7-13(22)19-20-15(23)8-2-1-3-10(4-8)21(24)25/h1-6H,7H2,(H,19,22)(H,20,23). The van der Waals surface area contributed by atoms with Crippen molar-refractivity contribution in [2.75, 3.05) is 6.61 Å². The van der Waals surface area contributed by atoms with E-state index in [4.69, 9.17) is 27.9 Å². The summed E-state index contributed by atoms with van der Waals surface area (Å²) in [7, 11) is 0. The van der Waals surface area contributed by atoms with Crippen molar-refractivity contribution in [2.45, 2.75) is 0 Å². The van der Waals surface area contributed by atoms with E-state index < -0.39 is 23.3 Å². The summed E-state index contributed by atoms with van der Waals surface area (Å²) in [6.45, 7) is -0.435. The molecule has 0 heterocycles. The zero-order valence-corrected chi connectivity index (χ0v) is 15.9. The minimum Gasteiger partial charge on any atom is -0.481 e. The molecule has 2 aromatic rings. The number of non-ortho nitro benzene ring substituents is 1. The van der Waals surface area contributed by atoms with Gasteiger partial charge in [-0.05, 0) is 34.1 Å². The van der Waals surface area contributed by atoms with Gasteiger partial charge < -0.3 is 4.74 Å². The van der Waals surface area contributed by atoms with Crippen molar-refractivity contribution in [2.24, 2.45) is 0 Å². The monoisotopic (exact) mass is 461 g/mol. The summed E-state index contributed by atoms with van der Waals surface area (Å²) in [6.07, 6.45) is 0. The molecule has 136 valence electrons. The van der Waals surface area contributed by atoms with Gasteiger partial charge in [0.2, 0.25) is 0 Å². The second-order valence-corrected chi connectivity index (χ2v) is 6.49. The van der Waals surface area contributed by atoms with Gasteiger partial charge in [0.15, 0.2) is 12.4 Å². The van der Waals surface area contributed by atoms with Gasteiger partial charge in [0.25, 0.3) is 17.5 Å². The molecule has 2 rings (SSSR count). The minimum atomic E-state index is -0.715. The molecule has 0 aromatic heterocycles. The number of nitro benzene ring substituents is 1. The number of hydrogen-bond donors (Lipinski definition) is 2. The maximum absolute atomic E-state index is 11.9. The van der Waals surface area contributed by atoms with E-state index >= 15 is 0 Å². The van der Waals surface area contributed by atoms with Crippen molar-refractivity contribution in [3.63, 3.8) is 0 Å². The number of nitrogens with zero attached hydrogens (tertiary/aromatic N) is 1. The molecule has 26 heavy (non-hydrogen) atoms. The summed E-state index contributed by atoms with van der Waals surface area (Å²) < 4.78 is 5.74. The van der Waals surface area contributed by atoms with Crippen LogP contribution in [-0.4, -0.2) is 23.3 Å². The first-order valence-electron chi connectivity index (χ1n) is 6.89. The summed E-state index contributed by atoms with van der Waals surface area (Å²) in [5, 5.41) is 11.3. The molecule has 8 nitrogen and oxygen atoms in total. The number of ether oxygens (including phenoxy) is 1. The zero-order chi connectivity index (χ0) is 19.3. The molecule has 0 radical (unpaired) electrons. The number of carbonyl (C=O) groups is 2.